The van der Waals surface area contributed by atoms with Crippen LogP contribution in [0.2, 0.25) is 0 Å². The van der Waals surface area contributed by atoms with Crippen molar-refractivity contribution in [3.8, 4) is 0 Å². The van der Waals surface area contributed by atoms with E-state index in [4.69, 9.17) is 4.74 Å². The summed E-state index contributed by atoms with van der Waals surface area (Å²) >= 11 is 0. The number of aryl methyl sites for hydroxylation is 1. The molecule has 0 saturated heterocycles. The summed E-state index contributed by atoms with van der Waals surface area (Å²) in [6, 6.07) is 0.461. The molecule has 2 saturated carbocycles. The molecule has 0 amide bonds. The number of ether oxygens (including phenoxy) is 1. The average molecular weight is 291 g/mol. The summed E-state index contributed by atoms with van der Waals surface area (Å²) in [5, 5.41) is 8.20. The molecule has 1 aromatic heterocycles. The van der Waals surface area contributed by atoms with Gasteiger partial charge in [0, 0.05) is 11.7 Å². The highest BCUT2D eigenvalue weighted by Crippen LogP contribution is 2.43. The molecule has 5 nitrogen and oxygen atoms in total. The zero-order valence-electron chi connectivity index (χ0n) is 13.4. The molecule has 3 rings (SSSR count). The summed E-state index contributed by atoms with van der Waals surface area (Å²) in [6.07, 6.45) is 4.49. The smallest absolute Gasteiger partial charge is 0.328 e. The Bertz CT molecular complexity index is 558. The number of carbonyl (C=O) groups excluding carboxylic acids is 1. The Morgan fingerprint density at radius 3 is 2.43 bits per heavy atom. The summed E-state index contributed by atoms with van der Waals surface area (Å²) in [5.41, 5.74) is 2.77. The molecule has 0 spiro atoms. The lowest BCUT2D eigenvalue weighted by Crippen LogP contribution is -2.58. The number of esters is 1. The maximum atomic E-state index is 12.6. The molecule has 0 aliphatic heterocycles. The van der Waals surface area contributed by atoms with E-state index in [0.29, 0.717) is 18.5 Å². The fourth-order valence-electron chi connectivity index (χ4n) is 3.11. The highest BCUT2D eigenvalue weighted by molar-refractivity contribution is 5.82. The Labute approximate surface area is 126 Å². The SMILES string of the molecule is COC(=O)C(Cn1nc(C)c(C)c1C)(NC1CC1)C1CC1. The van der Waals surface area contributed by atoms with Gasteiger partial charge >= 0.3 is 5.97 Å². The minimum Gasteiger partial charge on any atom is -0.468 e. The summed E-state index contributed by atoms with van der Waals surface area (Å²) in [4.78, 5) is 12.6. The van der Waals surface area contributed by atoms with Gasteiger partial charge in [-0.2, -0.15) is 5.10 Å². The summed E-state index contributed by atoms with van der Waals surface area (Å²) in [5.74, 6) is 0.233. The highest BCUT2D eigenvalue weighted by Gasteiger charge is 2.54. The Morgan fingerprint density at radius 2 is 2.00 bits per heavy atom. The first-order chi connectivity index (χ1) is 9.98. The largest absolute Gasteiger partial charge is 0.468 e. The minimum absolute atomic E-state index is 0.137. The predicted octanol–water partition coefficient (Wildman–Crippen LogP) is 1.88. The molecular weight excluding hydrogens is 266 g/mol. The van der Waals surface area contributed by atoms with Crippen LogP contribution in [0.15, 0.2) is 0 Å². The van der Waals surface area contributed by atoms with E-state index >= 15 is 0 Å². The van der Waals surface area contributed by atoms with E-state index in [1.165, 1.54) is 12.7 Å². The lowest BCUT2D eigenvalue weighted by Gasteiger charge is -2.33. The van der Waals surface area contributed by atoms with Gasteiger partial charge in [0.25, 0.3) is 0 Å². The fraction of sp³-hybridized carbons (Fsp3) is 0.750. The Balaban J connectivity index is 1.93. The highest BCUT2D eigenvalue weighted by atomic mass is 16.5. The number of hydrogen-bond acceptors (Lipinski definition) is 4. The molecule has 2 aliphatic rings. The average Bonchev–Trinajstić information content (AvgIpc) is 3.35. The maximum absolute atomic E-state index is 12.6. The van der Waals surface area contributed by atoms with Crippen LogP contribution in [-0.2, 0) is 16.1 Å². The Kier molecular flexibility index (Phi) is 3.56. The van der Waals surface area contributed by atoms with Gasteiger partial charge in [-0.15, -0.1) is 0 Å². The number of nitrogens with zero attached hydrogens (tertiary/aromatic N) is 2. The summed E-state index contributed by atoms with van der Waals surface area (Å²) in [6.45, 7) is 6.74. The molecular formula is C16H25N3O2. The number of aromatic nitrogens is 2. The fourth-order valence-corrected chi connectivity index (χ4v) is 3.11. The van der Waals surface area contributed by atoms with Crippen LogP contribution in [-0.4, -0.2) is 34.4 Å². The third-order valence-corrected chi connectivity index (χ3v) is 5.01. The number of hydrogen-bond donors (Lipinski definition) is 1. The molecule has 1 aromatic rings. The number of carbonyl (C=O) groups is 1. The Hall–Kier alpha value is -1.36. The van der Waals surface area contributed by atoms with Crippen LogP contribution in [0.1, 0.15) is 42.6 Å². The van der Waals surface area contributed by atoms with Crippen molar-refractivity contribution in [1.29, 1.82) is 0 Å². The van der Waals surface area contributed by atoms with Crippen molar-refractivity contribution in [2.75, 3.05) is 7.11 Å². The number of nitrogens with one attached hydrogen (secondary N) is 1. The summed E-state index contributed by atoms with van der Waals surface area (Å²) in [7, 11) is 1.49. The van der Waals surface area contributed by atoms with E-state index in [-0.39, 0.29) is 5.97 Å². The molecule has 2 aliphatic carbocycles. The monoisotopic (exact) mass is 291 g/mol. The van der Waals surface area contributed by atoms with Gasteiger partial charge in [0.1, 0.15) is 5.54 Å². The van der Waals surface area contributed by atoms with Gasteiger partial charge in [-0.25, -0.2) is 4.79 Å². The lowest BCUT2D eigenvalue weighted by atomic mass is 9.92. The van der Waals surface area contributed by atoms with Gasteiger partial charge in [0.05, 0.1) is 19.3 Å². The molecule has 0 radical (unpaired) electrons. The molecule has 2 fully saturated rings. The van der Waals surface area contributed by atoms with Crippen molar-refractivity contribution in [1.82, 2.24) is 15.1 Å². The minimum atomic E-state index is -0.606. The molecule has 0 aromatic carbocycles. The molecule has 1 heterocycles. The zero-order valence-corrected chi connectivity index (χ0v) is 13.4. The van der Waals surface area contributed by atoms with Crippen LogP contribution in [0.25, 0.3) is 0 Å². The van der Waals surface area contributed by atoms with E-state index in [1.54, 1.807) is 0 Å². The molecule has 116 valence electrons. The van der Waals surface area contributed by atoms with Gasteiger partial charge in [-0.05, 0) is 57.9 Å². The molecule has 0 bridgehead atoms. The van der Waals surface area contributed by atoms with E-state index in [2.05, 4.69) is 24.3 Å². The standard InChI is InChI=1S/C16H25N3O2/c1-10-11(2)18-19(12(10)3)9-16(13-5-6-13,15(20)21-4)17-14-7-8-14/h13-14,17H,5-9H2,1-4H3. The van der Waals surface area contributed by atoms with E-state index in [0.717, 1.165) is 37.1 Å². The van der Waals surface area contributed by atoms with E-state index in [1.807, 2.05) is 11.6 Å². The summed E-state index contributed by atoms with van der Waals surface area (Å²) < 4.78 is 7.13. The van der Waals surface area contributed by atoms with Crippen LogP contribution in [0.4, 0.5) is 0 Å². The Morgan fingerprint density at radius 1 is 1.33 bits per heavy atom. The third kappa shape index (κ3) is 2.59. The molecule has 1 unspecified atom stereocenters. The zero-order chi connectivity index (χ0) is 15.2. The maximum Gasteiger partial charge on any atom is 0.328 e. The number of methoxy groups -OCH3 is 1. The first kappa shape index (κ1) is 14.6. The van der Waals surface area contributed by atoms with Crippen LogP contribution in [0.3, 0.4) is 0 Å². The van der Waals surface area contributed by atoms with E-state index < -0.39 is 5.54 Å². The normalized spacial score (nSPS) is 21.1. The molecule has 1 N–H and O–H groups in total. The predicted molar refractivity (Wildman–Crippen MR) is 80.1 cm³/mol. The van der Waals surface area contributed by atoms with Crippen LogP contribution >= 0.6 is 0 Å². The lowest BCUT2D eigenvalue weighted by molar-refractivity contribution is -0.150. The third-order valence-electron chi connectivity index (χ3n) is 5.01. The van der Waals surface area contributed by atoms with Crippen LogP contribution in [0.5, 0.6) is 0 Å². The van der Waals surface area contributed by atoms with Crippen molar-refractivity contribution in [3.63, 3.8) is 0 Å². The quantitative estimate of drug-likeness (QED) is 0.813. The topological polar surface area (TPSA) is 56.2 Å². The first-order valence-electron chi connectivity index (χ1n) is 7.84. The van der Waals surface area contributed by atoms with Crippen LogP contribution in [0, 0.1) is 26.7 Å². The first-order valence-corrected chi connectivity index (χ1v) is 7.84. The van der Waals surface area contributed by atoms with Crippen molar-refractivity contribution in [3.05, 3.63) is 17.0 Å². The van der Waals surface area contributed by atoms with Crippen molar-refractivity contribution in [2.45, 2.75) is 64.6 Å². The van der Waals surface area contributed by atoms with Crippen molar-refractivity contribution in [2.24, 2.45) is 5.92 Å². The van der Waals surface area contributed by atoms with Gasteiger partial charge in [0.15, 0.2) is 0 Å². The molecule has 21 heavy (non-hydrogen) atoms. The van der Waals surface area contributed by atoms with E-state index in [9.17, 15) is 4.79 Å². The molecule has 5 heteroatoms. The van der Waals surface area contributed by atoms with Crippen LogP contribution < -0.4 is 5.32 Å². The van der Waals surface area contributed by atoms with Gasteiger partial charge < -0.3 is 4.74 Å². The number of rotatable bonds is 6. The van der Waals surface area contributed by atoms with Crippen molar-refractivity contribution < 1.29 is 9.53 Å². The van der Waals surface area contributed by atoms with Gasteiger partial charge in [-0.3, -0.25) is 10.00 Å². The molecule has 1 atom stereocenters. The second-order valence-corrected chi connectivity index (χ2v) is 6.61. The second-order valence-electron chi connectivity index (χ2n) is 6.61. The van der Waals surface area contributed by atoms with Gasteiger partial charge in [-0.1, -0.05) is 0 Å². The second kappa shape index (κ2) is 5.13. The van der Waals surface area contributed by atoms with Crippen molar-refractivity contribution >= 4 is 5.97 Å². The van der Waals surface area contributed by atoms with Gasteiger partial charge in [0.2, 0.25) is 0 Å².